The maximum Gasteiger partial charge on any atom is 0.272 e. The normalized spacial score (nSPS) is 11.0. The first-order valence-electron chi connectivity index (χ1n) is 13.1. The van der Waals surface area contributed by atoms with E-state index < -0.39 is 5.91 Å². The number of nitrogens with one attached hydrogen (secondary N) is 3. The molecule has 0 bridgehead atoms. The van der Waals surface area contributed by atoms with Gasteiger partial charge in [-0.15, -0.1) is 23.1 Å². The molecule has 0 spiro atoms. The summed E-state index contributed by atoms with van der Waals surface area (Å²) in [5.74, 6) is -0.858. The van der Waals surface area contributed by atoms with Gasteiger partial charge < -0.3 is 16.0 Å². The van der Waals surface area contributed by atoms with Crippen LogP contribution in [0.3, 0.4) is 0 Å². The minimum atomic E-state index is -0.465. The van der Waals surface area contributed by atoms with Crippen LogP contribution in [0.1, 0.15) is 15.9 Å². The zero-order chi connectivity index (χ0) is 30.0. The van der Waals surface area contributed by atoms with E-state index in [0.717, 1.165) is 16.0 Å². The van der Waals surface area contributed by atoms with Gasteiger partial charge in [0.25, 0.3) is 11.8 Å². The topological polar surface area (TPSA) is 100 Å². The number of benzene rings is 4. The van der Waals surface area contributed by atoms with Gasteiger partial charge in [-0.25, -0.2) is 4.98 Å². The second kappa shape index (κ2) is 14.5. The Morgan fingerprint density at radius 1 is 0.814 bits per heavy atom. The average Bonchev–Trinajstić information content (AvgIpc) is 3.49. The zero-order valence-corrected chi connectivity index (χ0v) is 25.0. The molecule has 43 heavy (non-hydrogen) atoms. The van der Waals surface area contributed by atoms with Gasteiger partial charge in [-0.3, -0.25) is 14.4 Å². The van der Waals surface area contributed by atoms with Crippen molar-refractivity contribution in [3.63, 3.8) is 0 Å². The molecule has 5 rings (SSSR count). The van der Waals surface area contributed by atoms with Gasteiger partial charge in [0.05, 0.1) is 11.4 Å². The number of rotatable bonds is 10. The highest BCUT2D eigenvalue weighted by molar-refractivity contribution is 8.00. The lowest BCUT2D eigenvalue weighted by Gasteiger charge is -2.12. The van der Waals surface area contributed by atoms with Gasteiger partial charge in [-0.05, 0) is 54.1 Å². The summed E-state index contributed by atoms with van der Waals surface area (Å²) in [6.45, 7) is 0. The molecule has 1 aromatic heterocycles. The van der Waals surface area contributed by atoms with E-state index in [9.17, 15) is 14.4 Å². The van der Waals surface area contributed by atoms with Crippen molar-refractivity contribution in [1.29, 1.82) is 0 Å². The van der Waals surface area contributed by atoms with Crippen molar-refractivity contribution in [3.8, 4) is 11.3 Å². The first-order chi connectivity index (χ1) is 20.9. The number of amides is 3. The highest BCUT2D eigenvalue weighted by Gasteiger charge is 2.15. The van der Waals surface area contributed by atoms with Crippen LogP contribution in [0.2, 0.25) is 5.02 Å². The van der Waals surface area contributed by atoms with Crippen LogP contribution in [0.15, 0.2) is 125 Å². The predicted octanol–water partition coefficient (Wildman–Crippen LogP) is 7.60. The van der Waals surface area contributed by atoms with Crippen LogP contribution in [0.5, 0.6) is 0 Å². The number of halogens is 1. The Bertz CT molecular complexity index is 1760. The number of anilines is 2. The first kappa shape index (κ1) is 29.8. The van der Waals surface area contributed by atoms with Crippen molar-refractivity contribution in [2.24, 2.45) is 0 Å². The molecule has 0 aliphatic heterocycles. The SMILES string of the molecule is O=C(CSc1ccc(NC(=O)/C(=C/c2ccccc2)NC(=O)c2ccccc2)cc1)Nc1nc(-c2ccccc2Cl)cs1. The summed E-state index contributed by atoms with van der Waals surface area (Å²) in [6, 6.07) is 32.5. The van der Waals surface area contributed by atoms with Crippen molar-refractivity contribution in [2.45, 2.75) is 4.90 Å². The van der Waals surface area contributed by atoms with E-state index in [2.05, 4.69) is 20.9 Å². The quantitative estimate of drug-likeness (QED) is 0.110. The maximum atomic E-state index is 13.2. The molecule has 0 fully saturated rings. The summed E-state index contributed by atoms with van der Waals surface area (Å²) in [5.41, 5.74) is 3.37. The minimum Gasteiger partial charge on any atom is -0.321 e. The number of aromatic nitrogens is 1. The summed E-state index contributed by atoms with van der Waals surface area (Å²) in [5, 5.41) is 11.3. The third-order valence-corrected chi connectivity index (χ3v) is 8.12. The maximum absolute atomic E-state index is 13.2. The van der Waals surface area contributed by atoms with E-state index >= 15 is 0 Å². The molecular weight excluding hydrogens is 600 g/mol. The summed E-state index contributed by atoms with van der Waals surface area (Å²) in [7, 11) is 0. The lowest BCUT2D eigenvalue weighted by Crippen LogP contribution is -2.30. The minimum absolute atomic E-state index is 0.107. The fraction of sp³-hybridized carbons (Fsp3) is 0.0303. The third-order valence-electron chi connectivity index (χ3n) is 6.02. The van der Waals surface area contributed by atoms with Crippen LogP contribution in [0.4, 0.5) is 10.8 Å². The molecular formula is C33H25ClN4O3S2. The van der Waals surface area contributed by atoms with Gasteiger partial charge in [0, 0.05) is 32.1 Å². The summed E-state index contributed by atoms with van der Waals surface area (Å²) >= 11 is 8.94. The number of carbonyl (C=O) groups is 3. The molecule has 1 heterocycles. The standard InChI is InChI=1S/C33H25ClN4O3S2/c34-27-14-8-7-13-26(27)29-20-43-33(37-29)38-30(39)21-42-25-17-15-24(16-18-25)35-32(41)28(19-22-9-3-1-4-10-22)36-31(40)23-11-5-2-6-12-23/h1-20H,21H2,(H,35,41)(H,36,40)(H,37,38,39)/b28-19-. The molecule has 0 saturated heterocycles. The van der Waals surface area contributed by atoms with Gasteiger partial charge in [-0.1, -0.05) is 78.3 Å². The molecule has 10 heteroatoms. The second-order valence-electron chi connectivity index (χ2n) is 9.12. The number of carbonyl (C=O) groups excluding carboxylic acids is 3. The summed E-state index contributed by atoms with van der Waals surface area (Å²) in [6.07, 6.45) is 1.62. The van der Waals surface area contributed by atoms with Crippen LogP contribution < -0.4 is 16.0 Å². The highest BCUT2D eigenvalue weighted by Crippen LogP contribution is 2.30. The molecule has 3 N–H and O–H groups in total. The van der Waals surface area contributed by atoms with Crippen LogP contribution >= 0.6 is 34.7 Å². The van der Waals surface area contributed by atoms with Gasteiger partial charge in [-0.2, -0.15) is 0 Å². The van der Waals surface area contributed by atoms with Crippen molar-refractivity contribution in [1.82, 2.24) is 10.3 Å². The number of nitrogens with zero attached hydrogens (tertiary/aromatic N) is 1. The summed E-state index contributed by atoms with van der Waals surface area (Å²) < 4.78 is 0. The van der Waals surface area contributed by atoms with E-state index in [4.69, 9.17) is 11.6 Å². The molecule has 3 amide bonds. The van der Waals surface area contributed by atoms with E-state index in [1.807, 2.05) is 72.1 Å². The van der Waals surface area contributed by atoms with Crippen LogP contribution in [0, 0.1) is 0 Å². The number of thiazole rings is 1. The van der Waals surface area contributed by atoms with Crippen LogP contribution in [-0.2, 0) is 9.59 Å². The monoisotopic (exact) mass is 624 g/mol. The lowest BCUT2D eigenvalue weighted by molar-refractivity contribution is -0.114. The second-order valence-corrected chi connectivity index (χ2v) is 11.4. The van der Waals surface area contributed by atoms with Crippen molar-refractivity contribution in [2.75, 3.05) is 16.4 Å². The Balaban J connectivity index is 1.17. The Morgan fingerprint density at radius 2 is 1.49 bits per heavy atom. The fourth-order valence-corrected chi connectivity index (χ4v) is 5.58. The van der Waals surface area contributed by atoms with Crippen LogP contribution in [-0.4, -0.2) is 28.5 Å². The van der Waals surface area contributed by atoms with E-state index in [-0.39, 0.29) is 23.3 Å². The van der Waals surface area contributed by atoms with Gasteiger partial charge in [0.15, 0.2) is 5.13 Å². The van der Waals surface area contributed by atoms with Gasteiger partial charge in [0.1, 0.15) is 5.70 Å². The Labute approximate surface area is 262 Å². The lowest BCUT2D eigenvalue weighted by atomic mass is 10.1. The molecule has 0 aliphatic carbocycles. The van der Waals surface area contributed by atoms with Crippen molar-refractivity contribution in [3.05, 3.63) is 136 Å². The molecule has 0 saturated carbocycles. The largest absolute Gasteiger partial charge is 0.321 e. The highest BCUT2D eigenvalue weighted by atomic mass is 35.5. The Hall–Kier alpha value is -4.70. The number of thioether (sulfide) groups is 1. The Morgan fingerprint density at radius 3 is 2.21 bits per heavy atom. The van der Waals surface area contributed by atoms with Crippen molar-refractivity contribution < 1.29 is 14.4 Å². The smallest absolute Gasteiger partial charge is 0.272 e. The first-order valence-corrected chi connectivity index (χ1v) is 15.4. The molecule has 214 valence electrons. The zero-order valence-electron chi connectivity index (χ0n) is 22.6. The number of hydrogen-bond acceptors (Lipinski definition) is 6. The fourth-order valence-electron chi connectivity index (χ4n) is 3.92. The molecule has 0 atom stereocenters. The van der Waals surface area contributed by atoms with E-state index in [0.29, 0.717) is 27.1 Å². The summed E-state index contributed by atoms with van der Waals surface area (Å²) in [4.78, 5) is 43.9. The molecule has 7 nitrogen and oxygen atoms in total. The molecule has 0 aliphatic rings. The predicted molar refractivity (Wildman–Crippen MR) is 175 cm³/mol. The van der Waals surface area contributed by atoms with E-state index in [1.165, 1.54) is 23.1 Å². The Kier molecular flexibility index (Phi) is 10.0. The molecule has 4 aromatic carbocycles. The number of hydrogen-bond donors (Lipinski definition) is 3. The molecule has 0 radical (unpaired) electrons. The average molecular weight is 625 g/mol. The third kappa shape index (κ3) is 8.42. The van der Waals surface area contributed by atoms with Gasteiger partial charge >= 0.3 is 0 Å². The molecule has 5 aromatic rings. The van der Waals surface area contributed by atoms with Gasteiger partial charge in [0.2, 0.25) is 5.91 Å². The van der Waals surface area contributed by atoms with Crippen LogP contribution in [0.25, 0.3) is 17.3 Å². The van der Waals surface area contributed by atoms with Crippen molar-refractivity contribution >= 4 is 69.3 Å². The van der Waals surface area contributed by atoms with E-state index in [1.54, 1.807) is 48.5 Å². The molecule has 0 unspecified atom stereocenters.